The zero-order valence-corrected chi connectivity index (χ0v) is 14.9. The number of rotatable bonds is 5. The molecular weight excluding hydrogens is 368 g/mol. The zero-order valence-electron chi connectivity index (χ0n) is 13.3. The fourth-order valence-corrected chi connectivity index (χ4v) is 2.82. The highest BCUT2D eigenvalue weighted by Gasteiger charge is 2.33. The van der Waals surface area contributed by atoms with Gasteiger partial charge in [-0.2, -0.15) is 0 Å². The molecule has 24 heavy (non-hydrogen) atoms. The fourth-order valence-electron chi connectivity index (χ4n) is 2.82. The molecule has 0 radical (unpaired) electrons. The Labute approximate surface area is 152 Å². The third kappa shape index (κ3) is 6.20. The highest BCUT2D eigenvalue weighted by atomic mass is 35.5. The number of hydrogen-bond acceptors (Lipinski definition) is 4. The molecule has 2 rings (SSSR count). The summed E-state index contributed by atoms with van der Waals surface area (Å²) in [4.78, 5) is 2.19. The van der Waals surface area contributed by atoms with E-state index in [1.807, 2.05) is 6.92 Å². The molecule has 1 saturated heterocycles. The number of para-hydroxylation sites is 1. The number of hydrogen-bond donors (Lipinski definition) is 2. The van der Waals surface area contributed by atoms with Gasteiger partial charge in [0.1, 0.15) is 0 Å². The summed E-state index contributed by atoms with van der Waals surface area (Å²) in [6, 6.07) is 4.18. The van der Waals surface area contributed by atoms with Gasteiger partial charge in [-0.3, -0.25) is 4.90 Å². The standard InChI is InChI=1S/C15H21F3N2O2.2ClH/c1-2-4-12(20-9-7-19-8-10-20)11-5-3-6-13(14(11)21)22-15(16,17)18;;/h3,5-6,12,19,21H,2,4,7-10H2,1H3;2*1H/t12-;;/m1../s1. The predicted molar refractivity (Wildman–Crippen MR) is 91.4 cm³/mol. The van der Waals surface area contributed by atoms with Gasteiger partial charge < -0.3 is 15.2 Å². The fraction of sp³-hybridized carbons (Fsp3) is 0.600. The van der Waals surface area contributed by atoms with Crippen molar-refractivity contribution in [2.24, 2.45) is 0 Å². The Kier molecular flexibility index (Phi) is 9.80. The van der Waals surface area contributed by atoms with Gasteiger partial charge >= 0.3 is 6.36 Å². The van der Waals surface area contributed by atoms with E-state index in [0.717, 1.165) is 45.1 Å². The van der Waals surface area contributed by atoms with E-state index in [-0.39, 0.29) is 30.9 Å². The second kappa shape index (κ2) is 10.2. The van der Waals surface area contributed by atoms with E-state index in [1.165, 1.54) is 6.07 Å². The molecule has 1 aliphatic heterocycles. The number of phenolic OH excluding ortho intramolecular Hbond substituents is 1. The summed E-state index contributed by atoms with van der Waals surface area (Å²) in [5.74, 6) is -0.960. The summed E-state index contributed by atoms with van der Waals surface area (Å²) >= 11 is 0. The second-order valence-electron chi connectivity index (χ2n) is 5.33. The minimum Gasteiger partial charge on any atom is -0.504 e. The number of benzene rings is 1. The van der Waals surface area contributed by atoms with Crippen LogP contribution in [0.1, 0.15) is 31.4 Å². The molecule has 4 nitrogen and oxygen atoms in total. The van der Waals surface area contributed by atoms with E-state index in [0.29, 0.717) is 5.56 Å². The van der Waals surface area contributed by atoms with E-state index in [9.17, 15) is 18.3 Å². The monoisotopic (exact) mass is 390 g/mol. The minimum absolute atomic E-state index is 0. The van der Waals surface area contributed by atoms with Gasteiger partial charge in [0.2, 0.25) is 0 Å². The van der Waals surface area contributed by atoms with Crippen molar-refractivity contribution in [2.45, 2.75) is 32.2 Å². The van der Waals surface area contributed by atoms with E-state index >= 15 is 0 Å². The highest BCUT2D eigenvalue weighted by Crippen LogP contribution is 2.40. The molecule has 1 atom stereocenters. The molecular formula is C15H23Cl2F3N2O2. The van der Waals surface area contributed by atoms with Gasteiger partial charge in [0.15, 0.2) is 11.5 Å². The summed E-state index contributed by atoms with van der Waals surface area (Å²) in [6.07, 6.45) is -3.17. The van der Waals surface area contributed by atoms with Crippen molar-refractivity contribution in [3.8, 4) is 11.5 Å². The lowest BCUT2D eigenvalue weighted by molar-refractivity contribution is -0.275. The van der Waals surface area contributed by atoms with Gasteiger partial charge in [0.05, 0.1) is 0 Å². The summed E-state index contributed by atoms with van der Waals surface area (Å²) in [5.41, 5.74) is 0.491. The van der Waals surface area contributed by atoms with Crippen LogP contribution in [0.2, 0.25) is 0 Å². The van der Waals surface area contributed by atoms with Crippen molar-refractivity contribution in [3.63, 3.8) is 0 Å². The molecule has 140 valence electrons. The Bertz CT molecular complexity index is 498. The van der Waals surface area contributed by atoms with Gasteiger partial charge in [0.25, 0.3) is 0 Å². The highest BCUT2D eigenvalue weighted by molar-refractivity contribution is 5.85. The van der Waals surface area contributed by atoms with Crippen LogP contribution in [-0.2, 0) is 0 Å². The van der Waals surface area contributed by atoms with Crippen molar-refractivity contribution < 1.29 is 23.0 Å². The van der Waals surface area contributed by atoms with E-state index < -0.39 is 17.9 Å². The van der Waals surface area contributed by atoms with Crippen LogP contribution in [0.15, 0.2) is 18.2 Å². The lowest BCUT2D eigenvalue weighted by Crippen LogP contribution is -2.45. The number of aromatic hydroxyl groups is 1. The SMILES string of the molecule is CCC[C@H](c1cccc(OC(F)(F)F)c1O)N1CCNCC1.Cl.Cl. The van der Waals surface area contributed by atoms with E-state index in [2.05, 4.69) is 15.0 Å². The number of nitrogens with one attached hydrogen (secondary N) is 1. The van der Waals surface area contributed by atoms with Crippen LogP contribution >= 0.6 is 24.8 Å². The van der Waals surface area contributed by atoms with Crippen LogP contribution in [0.5, 0.6) is 11.5 Å². The number of nitrogens with zero attached hydrogens (tertiary/aromatic N) is 1. The summed E-state index contributed by atoms with van der Waals surface area (Å²) in [5, 5.41) is 13.5. The lowest BCUT2D eigenvalue weighted by atomic mass is 9.98. The van der Waals surface area contributed by atoms with Gasteiger partial charge in [0, 0.05) is 37.8 Å². The molecule has 1 aromatic carbocycles. The lowest BCUT2D eigenvalue weighted by Gasteiger charge is -2.35. The molecule has 0 unspecified atom stereocenters. The third-order valence-electron chi connectivity index (χ3n) is 3.77. The summed E-state index contributed by atoms with van der Waals surface area (Å²) in [6.45, 7) is 5.28. The van der Waals surface area contributed by atoms with Crippen LogP contribution in [0, 0.1) is 0 Å². The Morgan fingerprint density at radius 3 is 2.42 bits per heavy atom. The van der Waals surface area contributed by atoms with Crippen molar-refractivity contribution in [2.75, 3.05) is 26.2 Å². The molecule has 1 fully saturated rings. The largest absolute Gasteiger partial charge is 0.573 e. The van der Waals surface area contributed by atoms with Gasteiger partial charge in [-0.25, -0.2) is 0 Å². The van der Waals surface area contributed by atoms with E-state index in [4.69, 9.17) is 0 Å². The predicted octanol–water partition coefficient (Wildman–Crippen LogP) is 3.88. The number of piperazine rings is 1. The maximum atomic E-state index is 12.4. The average Bonchev–Trinajstić information content (AvgIpc) is 2.47. The molecule has 1 aliphatic rings. The molecule has 0 aliphatic carbocycles. The first kappa shape index (κ1) is 23.1. The number of phenols is 1. The van der Waals surface area contributed by atoms with E-state index in [1.54, 1.807) is 6.07 Å². The molecule has 0 bridgehead atoms. The van der Waals surface area contributed by atoms with Crippen molar-refractivity contribution in [3.05, 3.63) is 23.8 Å². The Hall–Kier alpha value is -0.890. The number of halogens is 5. The smallest absolute Gasteiger partial charge is 0.504 e. The van der Waals surface area contributed by atoms with Crippen LogP contribution < -0.4 is 10.1 Å². The van der Waals surface area contributed by atoms with Crippen LogP contribution in [0.25, 0.3) is 0 Å². The average molecular weight is 391 g/mol. The molecule has 9 heteroatoms. The van der Waals surface area contributed by atoms with Crippen molar-refractivity contribution >= 4 is 24.8 Å². The Balaban J connectivity index is 0.00000264. The zero-order chi connectivity index (χ0) is 16.2. The normalized spacial score (nSPS) is 16.7. The van der Waals surface area contributed by atoms with Crippen LogP contribution in [0.4, 0.5) is 13.2 Å². The quantitative estimate of drug-likeness (QED) is 0.800. The van der Waals surface area contributed by atoms with Crippen molar-refractivity contribution in [1.82, 2.24) is 10.2 Å². The maximum absolute atomic E-state index is 12.4. The van der Waals surface area contributed by atoms with Crippen LogP contribution in [0.3, 0.4) is 0 Å². The summed E-state index contributed by atoms with van der Waals surface area (Å²) < 4.78 is 41.1. The first-order valence-electron chi connectivity index (χ1n) is 7.44. The third-order valence-corrected chi connectivity index (χ3v) is 3.77. The maximum Gasteiger partial charge on any atom is 0.573 e. The van der Waals surface area contributed by atoms with Gasteiger partial charge in [-0.05, 0) is 12.5 Å². The molecule has 0 saturated carbocycles. The Morgan fingerprint density at radius 1 is 1.25 bits per heavy atom. The Morgan fingerprint density at radius 2 is 1.88 bits per heavy atom. The number of ether oxygens (including phenoxy) is 1. The molecule has 1 heterocycles. The van der Waals surface area contributed by atoms with Crippen LogP contribution in [-0.4, -0.2) is 42.5 Å². The topological polar surface area (TPSA) is 44.7 Å². The molecule has 2 N–H and O–H groups in total. The first-order valence-corrected chi connectivity index (χ1v) is 7.44. The molecule has 0 spiro atoms. The molecule has 1 aromatic rings. The summed E-state index contributed by atoms with van der Waals surface area (Å²) in [7, 11) is 0. The van der Waals surface area contributed by atoms with Gasteiger partial charge in [-0.15, -0.1) is 38.0 Å². The second-order valence-corrected chi connectivity index (χ2v) is 5.33. The number of alkyl halides is 3. The molecule has 0 amide bonds. The van der Waals surface area contributed by atoms with Crippen molar-refractivity contribution in [1.29, 1.82) is 0 Å². The van der Waals surface area contributed by atoms with Gasteiger partial charge in [-0.1, -0.05) is 25.5 Å². The minimum atomic E-state index is -4.81. The molecule has 0 aromatic heterocycles. The first-order chi connectivity index (χ1) is 10.4.